The maximum Gasteiger partial charge on any atom is 0.327 e. The summed E-state index contributed by atoms with van der Waals surface area (Å²) >= 11 is 4.17. The van der Waals surface area contributed by atoms with Gasteiger partial charge in [0.1, 0.15) is 11.8 Å². The van der Waals surface area contributed by atoms with E-state index in [1.165, 1.54) is 12.1 Å². The highest BCUT2D eigenvalue weighted by Crippen LogP contribution is 2.20. The Bertz CT molecular complexity index is 508. The first kappa shape index (κ1) is 15.4. The van der Waals surface area contributed by atoms with Crippen molar-refractivity contribution in [2.45, 2.75) is 31.6 Å². The third kappa shape index (κ3) is 3.89. The van der Waals surface area contributed by atoms with E-state index in [9.17, 15) is 14.7 Å². The van der Waals surface area contributed by atoms with E-state index in [1.807, 2.05) is 0 Å². The molecule has 1 aromatic rings. The Morgan fingerprint density at radius 3 is 2.37 bits per heavy atom. The van der Waals surface area contributed by atoms with Gasteiger partial charge in [0.05, 0.1) is 0 Å². The standard InChI is InChI=1S/C13H17NO4S/c1-7-4-5-8(6-9(7)15)11(16)14-10(12(17)18)13(2,3)19/h4-6,10,15,19H,1-3H3,(H,14,16)(H,17,18). The molecule has 0 aliphatic carbocycles. The van der Waals surface area contributed by atoms with Crippen molar-refractivity contribution in [2.75, 3.05) is 0 Å². The molecule has 1 unspecified atom stereocenters. The Morgan fingerprint density at radius 1 is 1.37 bits per heavy atom. The minimum absolute atomic E-state index is 0.00958. The second-order valence-corrected chi connectivity index (χ2v) is 6.05. The van der Waals surface area contributed by atoms with Gasteiger partial charge in [0.15, 0.2) is 0 Å². The first-order valence-corrected chi connectivity index (χ1v) is 6.13. The fourth-order valence-corrected chi connectivity index (χ4v) is 1.68. The molecule has 0 bridgehead atoms. The van der Waals surface area contributed by atoms with E-state index in [2.05, 4.69) is 17.9 Å². The van der Waals surface area contributed by atoms with Crippen molar-refractivity contribution in [3.05, 3.63) is 29.3 Å². The van der Waals surface area contributed by atoms with E-state index in [0.717, 1.165) is 0 Å². The molecular weight excluding hydrogens is 266 g/mol. The van der Waals surface area contributed by atoms with Crippen molar-refractivity contribution in [1.82, 2.24) is 5.32 Å². The molecule has 0 aliphatic rings. The van der Waals surface area contributed by atoms with Crippen LogP contribution < -0.4 is 5.32 Å². The molecule has 1 rings (SSSR count). The summed E-state index contributed by atoms with van der Waals surface area (Å²) in [5.41, 5.74) is 0.841. The highest BCUT2D eigenvalue weighted by Gasteiger charge is 2.33. The number of aliphatic carboxylic acids is 1. The maximum atomic E-state index is 12.0. The van der Waals surface area contributed by atoms with E-state index < -0.39 is 22.7 Å². The molecule has 0 aromatic heterocycles. The molecular formula is C13H17NO4S. The van der Waals surface area contributed by atoms with Gasteiger partial charge in [0.25, 0.3) is 5.91 Å². The average molecular weight is 283 g/mol. The number of phenolic OH excluding ortho intramolecular Hbond substituents is 1. The van der Waals surface area contributed by atoms with Crippen molar-refractivity contribution in [1.29, 1.82) is 0 Å². The molecule has 1 amide bonds. The second kappa shape index (κ2) is 5.52. The predicted molar refractivity (Wildman–Crippen MR) is 74.8 cm³/mol. The van der Waals surface area contributed by atoms with Gasteiger partial charge in [-0.1, -0.05) is 6.07 Å². The number of aryl methyl sites for hydroxylation is 1. The molecule has 0 saturated carbocycles. The summed E-state index contributed by atoms with van der Waals surface area (Å²) < 4.78 is -0.908. The third-order valence-corrected chi connectivity index (χ3v) is 2.96. The number of carboxylic acid groups (broad SMARTS) is 1. The van der Waals surface area contributed by atoms with Crippen LogP contribution in [0.2, 0.25) is 0 Å². The van der Waals surface area contributed by atoms with Gasteiger partial charge in [0.2, 0.25) is 0 Å². The highest BCUT2D eigenvalue weighted by atomic mass is 32.1. The average Bonchev–Trinajstić information content (AvgIpc) is 2.27. The number of aromatic hydroxyl groups is 1. The van der Waals surface area contributed by atoms with Crippen LogP contribution in [0.1, 0.15) is 29.8 Å². The topological polar surface area (TPSA) is 86.6 Å². The number of carbonyl (C=O) groups excluding carboxylic acids is 1. The maximum absolute atomic E-state index is 12.0. The second-order valence-electron chi connectivity index (χ2n) is 4.90. The summed E-state index contributed by atoms with van der Waals surface area (Å²) in [6, 6.07) is 3.28. The molecule has 0 radical (unpaired) electrons. The van der Waals surface area contributed by atoms with Gasteiger partial charge in [-0.3, -0.25) is 4.79 Å². The number of carbonyl (C=O) groups is 2. The quantitative estimate of drug-likeness (QED) is 0.632. The smallest absolute Gasteiger partial charge is 0.327 e. The van der Waals surface area contributed by atoms with Crippen molar-refractivity contribution < 1.29 is 19.8 Å². The van der Waals surface area contributed by atoms with E-state index >= 15 is 0 Å². The summed E-state index contributed by atoms with van der Waals surface area (Å²) in [4.78, 5) is 23.1. The van der Waals surface area contributed by atoms with Crippen LogP contribution in [-0.4, -0.2) is 32.9 Å². The molecule has 6 heteroatoms. The zero-order valence-electron chi connectivity index (χ0n) is 11.0. The van der Waals surface area contributed by atoms with E-state index in [-0.39, 0.29) is 11.3 Å². The first-order chi connectivity index (χ1) is 8.62. The number of rotatable bonds is 4. The number of nitrogens with one attached hydrogen (secondary N) is 1. The molecule has 104 valence electrons. The SMILES string of the molecule is Cc1ccc(C(=O)NC(C(=O)O)C(C)(C)S)cc1O. The van der Waals surface area contributed by atoms with Crippen LogP contribution in [0.5, 0.6) is 5.75 Å². The number of amides is 1. The minimum Gasteiger partial charge on any atom is -0.508 e. The molecule has 0 aliphatic heterocycles. The van der Waals surface area contributed by atoms with Gasteiger partial charge in [-0.2, -0.15) is 12.6 Å². The van der Waals surface area contributed by atoms with E-state index in [1.54, 1.807) is 26.8 Å². The Balaban J connectivity index is 2.94. The van der Waals surface area contributed by atoms with Crippen LogP contribution in [0.3, 0.4) is 0 Å². The lowest BCUT2D eigenvalue weighted by Gasteiger charge is -2.26. The van der Waals surface area contributed by atoms with Gasteiger partial charge in [0, 0.05) is 10.3 Å². The highest BCUT2D eigenvalue weighted by molar-refractivity contribution is 7.81. The molecule has 19 heavy (non-hydrogen) atoms. The number of benzene rings is 1. The van der Waals surface area contributed by atoms with Crippen LogP contribution in [0.4, 0.5) is 0 Å². The minimum atomic E-state index is -1.16. The summed E-state index contributed by atoms with van der Waals surface area (Å²) in [6.07, 6.45) is 0. The van der Waals surface area contributed by atoms with E-state index in [0.29, 0.717) is 5.56 Å². The van der Waals surface area contributed by atoms with E-state index in [4.69, 9.17) is 5.11 Å². The zero-order valence-corrected chi connectivity index (χ0v) is 11.9. The number of carboxylic acids is 1. The van der Waals surface area contributed by atoms with Crippen molar-refractivity contribution >= 4 is 24.5 Å². The molecule has 3 N–H and O–H groups in total. The van der Waals surface area contributed by atoms with Crippen molar-refractivity contribution in [3.63, 3.8) is 0 Å². The summed E-state index contributed by atoms with van der Waals surface area (Å²) in [6.45, 7) is 4.90. The molecule has 1 atom stereocenters. The van der Waals surface area contributed by atoms with Gasteiger partial charge in [-0.05, 0) is 38.5 Å². The summed E-state index contributed by atoms with van der Waals surface area (Å²) in [7, 11) is 0. The van der Waals surface area contributed by atoms with Crippen molar-refractivity contribution in [2.24, 2.45) is 0 Å². The molecule has 0 fully saturated rings. The third-order valence-electron chi connectivity index (χ3n) is 2.70. The fraction of sp³-hybridized carbons (Fsp3) is 0.385. The Morgan fingerprint density at radius 2 is 1.95 bits per heavy atom. The summed E-state index contributed by atoms with van der Waals surface area (Å²) in [5.74, 6) is -1.74. The van der Waals surface area contributed by atoms with Crippen LogP contribution in [0.25, 0.3) is 0 Å². The molecule has 0 spiro atoms. The first-order valence-electron chi connectivity index (χ1n) is 5.68. The van der Waals surface area contributed by atoms with Gasteiger partial charge in [-0.15, -0.1) is 0 Å². The van der Waals surface area contributed by atoms with Crippen LogP contribution in [0.15, 0.2) is 18.2 Å². The zero-order chi connectivity index (χ0) is 14.8. The Hall–Kier alpha value is -1.69. The normalized spacial score (nSPS) is 12.8. The van der Waals surface area contributed by atoms with Crippen LogP contribution in [0, 0.1) is 6.92 Å². The van der Waals surface area contributed by atoms with Crippen molar-refractivity contribution in [3.8, 4) is 5.75 Å². The van der Waals surface area contributed by atoms with Gasteiger partial charge in [-0.25, -0.2) is 4.79 Å². The fourth-order valence-electron chi connectivity index (χ4n) is 1.51. The molecule has 5 nitrogen and oxygen atoms in total. The Labute approximate surface area is 117 Å². The van der Waals surface area contributed by atoms with Gasteiger partial charge >= 0.3 is 5.97 Å². The largest absolute Gasteiger partial charge is 0.508 e. The molecule has 0 heterocycles. The van der Waals surface area contributed by atoms with Gasteiger partial charge < -0.3 is 15.5 Å². The predicted octanol–water partition coefficient (Wildman–Crippen LogP) is 1.59. The lowest BCUT2D eigenvalue weighted by atomic mass is 10.0. The Kier molecular flexibility index (Phi) is 4.47. The number of hydrogen-bond acceptors (Lipinski definition) is 4. The number of thiol groups is 1. The van der Waals surface area contributed by atoms with Crippen LogP contribution in [-0.2, 0) is 4.79 Å². The number of phenols is 1. The summed E-state index contributed by atoms with van der Waals surface area (Å²) in [5, 5.41) is 21.0. The molecule has 1 aromatic carbocycles. The van der Waals surface area contributed by atoms with Crippen LogP contribution >= 0.6 is 12.6 Å². The monoisotopic (exact) mass is 283 g/mol. The molecule has 0 saturated heterocycles. The lowest BCUT2D eigenvalue weighted by molar-refractivity contribution is -0.139. The number of hydrogen-bond donors (Lipinski definition) is 4. The lowest BCUT2D eigenvalue weighted by Crippen LogP contribution is -2.51.